The van der Waals surface area contributed by atoms with Crippen molar-refractivity contribution in [1.29, 1.82) is 0 Å². The molecule has 126 valence electrons. The third kappa shape index (κ3) is 3.72. The zero-order chi connectivity index (χ0) is 17.0. The number of rotatable bonds is 5. The van der Waals surface area contributed by atoms with Crippen molar-refractivity contribution in [2.45, 2.75) is 24.9 Å². The quantitative estimate of drug-likeness (QED) is 0.590. The van der Waals surface area contributed by atoms with E-state index >= 15 is 0 Å². The molecule has 1 saturated heterocycles. The predicted molar refractivity (Wildman–Crippen MR) is 97.0 cm³/mol. The number of thiocarbonyl (C=S) groups is 1. The molecule has 1 aliphatic rings. The molecule has 0 saturated carbocycles. The van der Waals surface area contributed by atoms with E-state index in [0.29, 0.717) is 19.6 Å². The number of halogens is 1. The Morgan fingerprint density at radius 1 is 1.17 bits per heavy atom. The molecular weight excluding hydrogens is 323 g/mol. The van der Waals surface area contributed by atoms with E-state index in [2.05, 4.69) is 0 Å². The Hall–Kier alpha value is -1.62. The molecule has 0 N–H and O–H groups in total. The van der Waals surface area contributed by atoms with Crippen LogP contribution in [0.1, 0.15) is 29.5 Å². The average molecular weight is 344 g/mol. The summed E-state index contributed by atoms with van der Waals surface area (Å²) in [6.45, 7) is 1.25. The molecule has 2 aromatic carbocycles. The molecule has 3 rings (SSSR count). The molecule has 0 unspecified atom stereocenters. The smallest absolute Gasteiger partial charge is 0.123 e. The largest absolute Gasteiger partial charge is 0.381 e. The number of hydrogen-bond acceptors (Lipinski definition) is 3. The van der Waals surface area contributed by atoms with Gasteiger partial charge >= 0.3 is 0 Å². The maximum Gasteiger partial charge on any atom is 0.123 e. The van der Waals surface area contributed by atoms with Crippen molar-refractivity contribution in [2.24, 2.45) is 0 Å². The van der Waals surface area contributed by atoms with Gasteiger partial charge in [0.2, 0.25) is 0 Å². The normalized spacial score (nSPS) is 16.8. The Bertz CT molecular complexity index is 709. The zero-order valence-electron chi connectivity index (χ0n) is 13.8. The fraction of sp³-hybridized carbons (Fsp3) is 0.350. The second-order valence-corrected chi connectivity index (χ2v) is 6.62. The van der Waals surface area contributed by atoms with E-state index in [1.54, 1.807) is 19.2 Å². The Kier molecular flexibility index (Phi) is 5.39. The molecule has 1 aliphatic heterocycles. The second kappa shape index (κ2) is 7.51. The summed E-state index contributed by atoms with van der Waals surface area (Å²) in [5.74, 6) is -0.249. The van der Waals surface area contributed by atoms with Gasteiger partial charge < -0.3 is 9.47 Å². The van der Waals surface area contributed by atoms with E-state index in [-0.39, 0.29) is 5.82 Å². The molecular formula is C20H21FO2S. The standard InChI is InChI=1S/C20H21FO2S/c1-22-20(7-9-23-10-8-20)17-11-15(12-18(21)14-17)13-19(24)16-5-3-2-4-6-16/h2-6,11-12,14H,7-10,13H2,1H3. The lowest BCUT2D eigenvalue weighted by Crippen LogP contribution is -2.35. The summed E-state index contributed by atoms with van der Waals surface area (Å²) in [5, 5.41) is 0. The minimum Gasteiger partial charge on any atom is -0.381 e. The van der Waals surface area contributed by atoms with E-state index in [1.165, 1.54) is 0 Å². The number of methoxy groups -OCH3 is 1. The fourth-order valence-corrected chi connectivity index (χ4v) is 3.54. The fourth-order valence-electron chi connectivity index (χ4n) is 3.24. The van der Waals surface area contributed by atoms with Crippen LogP contribution in [0.25, 0.3) is 0 Å². The maximum absolute atomic E-state index is 14.2. The lowest BCUT2D eigenvalue weighted by atomic mass is 9.84. The summed E-state index contributed by atoms with van der Waals surface area (Å²) in [6.07, 6.45) is 2.01. The molecule has 2 nitrogen and oxygen atoms in total. The molecule has 0 amide bonds. The topological polar surface area (TPSA) is 18.5 Å². The van der Waals surface area contributed by atoms with Gasteiger partial charge in [0, 0.05) is 44.5 Å². The third-order valence-corrected chi connectivity index (χ3v) is 5.02. The first-order chi connectivity index (χ1) is 11.6. The van der Waals surface area contributed by atoms with Crippen LogP contribution in [0.5, 0.6) is 0 Å². The van der Waals surface area contributed by atoms with Crippen molar-refractivity contribution < 1.29 is 13.9 Å². The summed E-state index contributed by atoms with van der Waals surface area (Å²) in [5.41, 5.74) is 2.29. The van der Waals surface area contributed by atoms with Gasteiger partial charge in [-0.2, -0.15) is 0 Å². The number of ether oxygens (including phenoxy) is 2. The molecule has 0 spiro atoms. The van der Waals surface area contributed by atoms with Crippen LogP contribution in [0.2, 0.25) is 0 Å². The van der Waals surface area contributed by atoms with Gasteiger partial charge in [0.05, 0.1) is 5.60 Å². The first-order valence-electron chi connectivity index (χ1n) is 8.14. The highest BCUT2D eigenvalue weighted by atomic mass is 32.1. The van der Waals surface area contributed by atoms with E-state index in [1.807, 2.05) is 36.4 Å². The molecule has 0 bridgehead atoms. The van der Waals surface area contributed by atoms with Crippen LogP contribution < -0.4 is 0 Å². The van der Waals surface area contributed by atoms with Crippen LogP contribution in [0.3, 0.4) is 0 Å². The van der Waals surface area contributed by atoms with Gasteiger partial charge in [-0.15, -0.1) is 0 Å². The van der Waals surface area contributed by atoms with Crippen molar-refractivity contribution in [3.8, 4) is 0 Å². The summed E-state index contributed by atoms with van der Waals surface area (Å²) in [4.78, 5) is 0.811. The first-order valence-corrected chi connectivity index (χ1v) is 8.55. The summed E-state index contributed by atoms with van der Waals surface area (Å²) in [7, 11) is 1.69. The summed E-state index contributed by atoms with van der Waals surface area (Å²) < 4.78 is 25.4. The van der Waals surface area contributed by atoms with Crippen molar-refractivity contribution in [1.82, 2.24) is 0 Å². The maximum atomic E-state index is 14.2. The lowest BCUT2D eigenvalue weighted by molar-refractivity contribution is -0.0949. The SMILES string of the molecule is COC1(c2cc(F)cc(CC(=S)c3ccccc3)c2)CCOCC1. The Morgan fingerprint density at radius 2 is 1.88 bits per heavy atom. The zero-order valence-corrected chi connectivity index (χ0v) is 14.6. The predicted octanol–water partition coefficient (Wildman–Crippen LogP) is 4.44. The molecule has 0 radical (unpaired) electrons. The average Bonchev–Trinajstić information content (AvgIpc) is 2.62. The lowest BCUT2D eigenvalue weighted by Gasteiger charge is -2.36. The van der Waals surface area contributed by atoms with Crippen molar-refractivity contribution in [2.75, 3.05) is 20.3 Å². The molecule has 0 atom stereocenters. The minimum absolute atomic E-state index is 0.249. The van der Waals surface area contributed by atoms with Crippen LogP contribution in [0.15, 0.2) is 48.5 Å². The van der Waals surface area contributed by atoms with Gasteiger partial charge in [-0.05, 0) is 28.8 Å². The molecule has 4 heteroatoms. The van der Waals surface area contributed by atoms with Gasteiger partial charge in [0.25, 0.3) is 0 Å². The molecule has 1 fully saturated rings. The first kappa shape index (κ1) is 17.2. The second-order valence-electron chi connectivity index (χ2n) is 6.12. The molecule has 24 heavy (non-hydrogen) atoms. The van der Waals surface area contributed by atoms with E-state index in [0.717, 1.165) is 34.4 Å². The van der Waals surface area contributed by atoms with Gasteiger partial charge in [0.1, 0.15) is 5.82 Å². The van der Waals surface area contributed by atoms with E-state index < -0.39 is 5.60 Å². The Labute approximate surface area is 147 Å². The van der Waals surface area contributed by atoms with E-state index in [4.69, 9.17) is 21.7 Å². The van der Waals surface area contributed by atoms with Crippen molar-refractivity contribution in [3.63, 3.8) is 0 Å². The third-order valence-electron chi connectivity index (χ3n) is 4.64. The highest BCUT2D eigenvalue weighted by Crippen LogP contribution is 2.36. The highest BCUT2D eigenvalue weighted by Gasteiger charge is 2.35. The van der Waals surface area contributed by atoms with Crippen molar-refractivity contribution in [3.05, 3.63) is 71.0 Å². The number of hydrogen-bond donors (Lipinski definition) is 0. The van der Waals surface area contributed by atoms with Crippen molar-refractivity contribution >= 4 is 17.1 Å². The monoisotopic (exact) mass is 344 g/mol. The Morgan fingerprint density at radius 3 is 2.54 bits per heavy atom. The molecule has 0 aromatic heterocycles. The molecule has 1 heterocycles. The van der Waals surface area contributed by atoms with Gasteiger partial charge in [0.15, 0.2) is 0 Å². The van der Waals surface area contributed by atoms with Crippen LogP contribution in [0.4, 0.5) is 4.39 Å². The minimum atomic E-state index is -0.469. The van der Waals surface area contributed by atoms with Crippen LogP contribution in [-0.2, 0) is 21.5 Å². The van der Waals surface area contributed by atoms with Crippen LogP contribution in [-0.4, -0.2) is 25.2 Å². The van der Waals surface area contributed by atoms with E-state index in [9.17, 15) is 4.39 Å². The van der Waals surface area contributed by atoms with Crippen LogP contribution >= 0.6 is 12.2 Å². The summed E-state index contributed by atoms with van der Waals surface area (Å²) in [6, 6.07) is 15.0. The number of benzene rings is 2. The van der Waals surface area contributed by atoms with Crippen LogP contribution in [0, 0.1) is 5.82 Å². The van der Waals surface area contributed by atoms with Gasteiger partial charge in [-0.25, -0.2) is 4.39 Å². The Balaban J connectivity index is 1.87. The molecule has 2 aromatic rings. The summed E-state index contributed by atoms with van der Waals surface area (Å²) >= 11 is 5.53. The van der Waals surface area contributed by atoms with Gasteiger partial charge in [-0.3, -0.25) is 0 Å². The molecule has 0 aliphatic carbocycles. The van der Waals surface area contributed by atoms with Gasteiger partial charge in [-0.1, -0.05) is 48.6 Å². The highest BCUT2D eigenvalue weighted by molar-refractivity contribution is 7.80.